The fourth-order valence-corrected chi connectivity index (χ4v) is 4.36. The number of amides is 1. The highest BCUT2D eigenvalue weighted by molar-refractivity contribution is 7.90. The van der Waals surface area contributed by atoms with Gasteiger partial charge in [0.1, 0.15) is 17.6 Å². The first-order chi connectivity index (χ1) is 15.0. The van der Waals surface area contributed by atoms with E-state index in [-0.39, 0.29) is 10.7 Å². The summed E-state index contributed by atoms with van der Waals surface area (Å²) < 4.78 is 37.1. The Labute approximate surface area is 190 Å². The number of esters is 1. The molecule has 9 nitrogen and oxygen atoms in total. The molecule has 2 aromatic carbocycles. The number of hydrogen-bond donors (Lipinski definition) is 2. The summed E-state index contributed by atoms with van der Waals surface area (Å²) in [5.41, 5.74) is 1.48. The number of amidine groups is 1. The van der Waals surface area contributed by atoms with Gasteiger partial charge in [-0.2, -0.15) is 0 Å². The SMILES string of the molecule is COc1cc(Cl)c(C)cc1NC(=O)C(C)OC(=O)[C@H](C)N=C1NS(=O)(=O)c2ccccc21. The first-order valence-corrected chi connectivity index (χ1v) is 11.4. The number of benzene rings is 2. The molecule has 0 spiro atoms. The molecular weight excluding hydrogens is 458 g/mol. The van der Waals surface area contributed by atoms with Crippen molar-refractivity contribution in [3.63, 3.8) is 0 Å². The van der Waals surface area contributed by atoms with E-state index < -0.39 is 34.0 Å². The number of carbonyl (C=O) groups is 2. The topological polar surface area (TPSA) is 123 Å². The molecule has 0 aliphatic carbocycles. The number of sulfonamides is 1. The van der Waals surface area contributed by atoms with Gasteiger partial charge in [0, 0.05) is 16.7 Å². The average molecular weight is 480 g/mol. The molecule has 3 rings (SSSR count). The molecule has 2 N–H and O–H groups in total. The molecule has 0 aromatic heterocycles. The number of methoxy groups -OCH3 is 1. The van der Waals surface area contributed by atoms with Gasteiger partial charge < -0.3 is 14.8 Å². The second-order valence-corrected chi connectivity index (χ2v) is 9.18. The highest BCUT2D eigenvalue weighted by Crippen LogP contribution is 2.31. The van der Waals surface area contributed by atoms with Crippen molar-refractivity contribution in [3.8, 4) is 5.75 Å². The second kappa shape index (κ2) is 9.17. The molecule has 0 saturated carbocycles. The number of carbonyl (C=O) groups excluding carboxylic acids is 2. The maximum Gasteiger partial charge on any atom is 0.331 e. The highest BCUT2D eigenvalue weighted by Gasteiger charge is 2.32. The largest absolute Gasteiger partial charge is 0.495 e. The lowest BCUT2D eigenvalue weighted by atomic mass is 10.2. The number of aliphatic imine (C=N–C) groups is 1. The lowest BCUT2D eigenvalue weighted by Gasteiger charge is -2.17. The van der Waals surface area contributed by atoms with Gasteiger partial charge in [-0.3, -0.25) is 14.5 Å². The van der Waals surface area contributed by atoms with Gasteiger partial charge in [-0.25, -0.2) is 13.2 Å². The molecule has 1 unspecified atom stereocenters. The summed E-state index contributed by atoms with van der Waals surface area (Å²) >= 11 is 6.07. The Morgan fingerprint density at radius 1 is 1.19 bits per heavy atom. The van der Waals surface area contributed by atoms with E-state index in [1.807, 2.05) is 0 Å². The van der Waals surface area contributed by atoms with E-state index in [1.54, 1.807) is 37.3 Å². The highest BCUT2D eigenvalue weighted by atomic mass is 35.5. The molecule has 0 radical (unpaired) electrons. The number of aryl methyl sites for hydroxylation is 1. The molecule has 32 heavy (non-hydrogen) atoms. The van der Waals surface area contributed by atoms with E-state index in [0.29, 0.717) is 22.0 Å². The molecule has 11 heteroatoms. The van der Waals surface area contributed by atoms with E-state index in [1.165, 1.54) is 27.0 Å². The molecule has 1 aliphatic heterocycles. The monoisotopic (exact) mass is 479 g/mol. The Bertz CT molecular complexity index is 1210. The van der Waals surface area contributed by atoms with Crippen LogP contribution in [-0.2, 0) is 24.3 Å². The van der Waals surface area contributed by atoms with E-state index >= 15 is 0 Å². The van der Waals surface area contributed by atoms with Crippen molar-refractivity contribution in [2.24, 2.45) is 4.99 Å². The lowest BCUT2D eigenvalue weighted by molar-refractivity contribution is -0.154. The van der Waals surface area contributed by atoms with Crippen molar-refractivity contribution < 1.29 is 27.5 Å². The van der Waals surface area contributed by atoms with Crippen LogP contribution in [0.4, 0.5) is 5.69 Å². The maximum atomic E-state index is 12.5. The summed E-state index contributed by atoms with van der Waals surface area (Å²) in [5.74, 6) is -0.962. The summed E-state index contributed by atoms with van der Waals surface area (Å²) in [6.07, 6.45) is -1.14. The van der Waals surface area contributed by atoms with Crippen molar-refractivity contribution >= 4 is 45.0 Å². The fourth-order valence-electron chi connectivity index (χ4n) is 2.97. The van der Waals surface area contributed by atoms with Crippen LogP contribution in [0.2, 0.25) is 5.02 Å². The van der Waals surface area contributed by atoms with Crippen LogP contribution in [0.3, 0.4) is 0 Å². The minimum Gasteiger partial charge on any atom is -0.495 e. The zero-order valence-electron chi connectivity index (χ0n) is 17.8. The predicted molar refractivity (Wildman–Crippen MR) is 120 cm³/mol. The zero-order valence-corrected chi connectivity index (χ0v) is 19.4. The molecule has 0 fully saturated rings. The number of nitrogens with one attached hydrogen (secondary N) is 2. The van der Waals surface area contributed by atoms with Gasteiger partial charge >= 0.3 is 5.97 Å². The number of halogens is 1. The van der Waals surface area contributed by atoms with Crippen LogP contribution >= 0.6 is 11.6 Å². The Morgan fingerprint density at radius 2 is 1.88 bits per heavy atom. The van der Waals surface area contributed by atoms with Crippen LogP contribution in [0.25, 0.3) is 0 Å². The van der Waals surface area contributed by atoms with Gasteiger partial charge in [0.2, 0.25) is 0 Å². The van der Waals surface area contributed by atoms with E-state index in [4.69, 9.17) is 21.1 Å². The van der Waals surface area contributed by atoms with Crippen LogP contribution in [-0.4, -0.2) is 45.4 Å². The summed E-state index contributed by atoms with van der Waals surface area (Å²) in [5, 5.41) is 3.13. The summed E-state index contributed by atoms with van der Waals surface area (Å²) in [4.78, 5) is 29.2. The number of fused-ring (bicyclic) bond motifs is 1. The fraction of sp³-hybridized carbons (Fsp3) is 0.286. The van der Waals surface area contributed by atoms with Crippen molar-refractivity contribution in [1.29, 1.82) is 0 Å². The van der Waals surface area contributed by atoms with Gasteiger partial charge in [-0.05, 0) is 44.5 Å². The lowest BCUT2D eigenvalue weighted by Crippen LogP contribution is -2.34. The van der Waals surface area contributed by atoms with Gasteiger partial charge in [-0.15, -0.1) is 0 Å². The zero-order chi connectivity index (χ0) is 23.6. The van der Waals surface area contributed by atoms with E-state index in [0.717, 1.165) is 5.56 Å². The molecule has 2 aromatic rings. The van der Waals surface area contributed by atoms with E-state index in [2.05, 4.69) is 15.0 Å². The van der Waals surface area contributed by atoms with Crippen LogP contribution in [0, 0.1) is 6.92 Å². The van der Waals surface area contributed by atoms with Gasteiger partial charge in [-0.1, -0.05) is 23.7 Å². The Kier molecular flexibility index (Phi) is 6.75. The normalized spacial score (nSPS) is 17.1. The minimum absolute atomic E-state index is 0.0449. The number of nitrogens with zero attached hydrogens (tertiary/aromatic N) is 1. The number of anilines is 1. The average Bonchev–Trinajstić information content (AvgIpc) is 3.00. The standard InChI is InChI=1S/C21H22ClN3O6S/c1-11-9-16(17(30-4)10-15(11)22)24-20(26)13(3)31-21(27)12(2)23-19-14-7-5-6-8-18(14)32(28,29)25-19/h5-10,12-13H,1-4H3,(H,23,25)(H,24,26)/t12-,13?/m0/s1. The first kappa shape index (κ1) is 23.6. The maximum absolute atomic E-state index is 12.5. The second-order valence-electron chi connectivity index (χ2n) is 7.13. The number of rotatable bonds is 6. The number of ether oxygens (including phenoxy) is 2. The third kappa shape index (κ3) is 4.86. The van der Waals surface area contributed by atoms with Gasteiger partial charge in [0.15, 0.2) is 6.10 Å². The molecule has 170 valence electrons. The van der Waals surface area contributed by atoms with Crippen molar-refractivity contribution in [1.82, 2.24) is 4.72 Å². The summed E-state index contributed by atoms with van der Waals surface area (Å²) in [6, 6.07) is 8.45. The minimum atomic E-state index is -3.73. The molecular formula is C21H22ClN3O6S. The smallest absolute Gasteiger partial charge is 0.331 e. The van der Waals surface area contributed by atoms with E-state index in [9.17, 15) is 18.0 Å². The van der Waals surface area contributed by atoms with Crippen molar-refractivity contribution in [3.05, 3.63) is 52.5 Å². The number of hydrogen-bond acceptors (Lipinski definition) is 7. The van der Waals surface area contributed by atoms with Crippen molar-refractivity contribution in [2.75, 3.05) is 12.4 Å². The Hall–Kier alpha value is -3.11. The van der Waals surface area contributed by atoms with Crippen molar-refractivity contribution in [2.45, 2.75) is 37.8 Å². The van der Waals surface area contributed by atoms with Crippen LogP contribution in [0.15, 0.2) is 46.3 Å². The third-order valence-corrected chi connectivity index (χ3v) is 6.53. The quantitative estimate of drug-likeness (QED) is 0.614. The summed E-state index contributed by atoms with van der Waals surface area (Å²) in [6.45, 7) is 4.63. The molecule has 2 atom stereocenters. The molecule has 0 bridgehead atoms. The third-order valence-electron chi connectivity index (χ3n) is 4.73. The Balaban J connectivity index is 1.69. The van der Waals surface area contributed by atoms with Crippen LogP contribution in [0.1, 0.15) is 25.0 Å². The molecule has 1 aliphatic rings. The van der Waals surface area contributed by atoms with Crippen LogP contribution < -0.4 is 14.8 Å². The first-order valence-electron chi connectivity index (χ1n) is 9.59. The summed E-state index contributed by atoms with van der Waals surface area (Å²) in [7, 11) is -2.29. The molecule has 1 heterocycles. The van der Waals surface area contributed by atoms with Gasteiger partial charge in [0.05, 0.1) is 17.7 Å². The molecule has 0 saturated heterocycles. The Morgan fingerprint density at radius 3 is 2.56 bits per heavy atom. The van der Waals surface area contributed by atoms with Gasteiger partial charge in [0.25, 0.3) is 15.9 Å². The molecule has 1 amide bonds. The predicted octanol–water partition coefficient (Wildman–Crippen LogP) is 2.65. The van der Waals surface area contributed by atoms with Crippen LogP contribution in [0.5, 0.6) is 5.75 Å².